The van der Waals surface area contributed by atoms with Gasteiger partial charge in [0, 0.05) is 66.7 Å². The van der Waals surface area contributed by atoms with E-state index in [0.29, 0.717) is 77.9 Å². The van der Waals surface area contributed by atoms with E-state index in [-0.39, 0.29) is 23.7 Å². The van der Waals surface area contributed by atoms with Gasteiger partial charge in [0.25, 0.3) is 0 Å². The molecule has 2 aromatic heterocycles. The highest BCUT2D eigenvalue weighted by molar-refractivity contribution is 5.94. The maximum atomic E-state index is 15.4. The number of aromatic nitrogens is 4. The van der Waals surface area contributed by atoms with Gasteiger partial charge >= 0.3 is 0 Å². The number of piperidine rings is 2. The first-order valence-corrected chi connectivity index (χ1v) is 21.6. The summed E-state index contributed by atoms with van der Waals surface area (Å²) in [6.07, 6.45) is 3.40. The van der Waals surface area contributed by atoms with Crippen molar-refractivity contribution < 1.29 is 18.3 Å². The first kappa shape index (κ1) is 40.9. The zero-order chi connectivity index (χ0) is 42.6. The van der Waals surface area contributed by atoms with Gasteiger partial charge in [0.2, 0.25) is 11.9 Å². The highest BCUT2D eigenvalue weighted by atomic mass is 19.1. The van der Waals surface area contributed by atoms with E-state index in [4.69, 9.17) is 35.1 Å². The van der Waals surface area contributed by atoms with Crippen LogP contribution in [0.15, 0.2) is 109 Å². The molecule has 4 heterocycles. The van der Waals surface area contributed by atoms with Crippen LogP contribution in [0.1, 0.15) is 45.1 Å². The lowest BCUT2D eigenvalue weighted by molar-refractivity contribution is 0.0808. The third-order valence-corrected chi connectivity index (χ3v) is 11.9. The Hall–Kier alpha value is -6.44. The number of fused-ring (bicyclic) bond motifs is 2. The Morgan fingerprint density at radius 1 is 0.645 bits per heavy atom. The van der Waals surface area contributed by atoms with E-state index in [0.717, 1.165) is 72.7 Å². The minimum Gasteiger partial charge on any atom is -0.492 e. The van der Waals surface area contributed by atoms with Crippen LogP contribution in [0, 0.1) is 11.6 Å². The topological polar surface area (TPSA) is 118 Å². The molecule has 11 nitrogen and oxygen atoms in total. The fourth-order valence-corrected chi connectivity index (χ4v) is 8.90. The lowest BCUT2D eigenvalue weighted by Gasteiger charge is -2.45. The summed E-state index contributed by atoms with van der Waals surface area (Å²) in [5.74, 6) is 1.65. The van der Waals surface area contributed by atoms with Gasteiger partial charge in [0.15, 0.2) is 0 Å². The fourth-order valence-electron chi connectivity index (χ4n) is 8.90. The number of likely N-dealkylation sites (tertiary alicyclic amines) is 1. The summed E-state index contributed by atoms with van der Waals surface area (Å²) in [6.45, 7) is 8.77. The molecule has 0 bridgehead atoms. The van der Waals surface area contributed by atoms with Gasteiger partial charge in [-0.3, -0.25) is 10.3 Å². The van der Waals surface area contributed by atoms with Gasteiger partial charge in [-0.2, -0.15) is 0 Å². The summed E-state index contributed by atoms with van der Waals surface area (Å²) in [5.41, 5.74) is 15.2. The van der Waals surface area contributed by atoms with Crippen molar-refractivity contribution >= 4 is 39.4 Å². The predicted molar refractivity (Wildman–Crippen MR) is 242 cm³/mol. The largest absolute Gasteiger partial charge is 0.492 e. The second-order valence-electron chi connectivity index (χ2n) is 15.9. The quantitative estimate of drug-likeness (QED) is 0.0855. The van der Waals surface area contributed by atoms with Crippen molar-refractivity contribution in [2.45, 2.75) is 58.2 Å². The molecule has 5 aromatic carbocycles. The van der Waals surface area contributed by atoms with E-state index in [1.807, 2.05) is 86.6 Å². The van der Waals surface area contributed by atoms with Crippen LogP contribution in [0.3, 0.4) is 0 Å². The molecule has 3 N–H and O–H groups in total. The molecule has 9 rings (SSSR count). The summed E-state index contributed by atoms with van der Waals surface area (Å²) in [5, 5.41) is 3.95. The standard InChI is InChI=1S/C49H51F2N9O2/c1-3-61-43-29-32(30-44(45(43)52)62-4-2)31-58-25-21-33(22-26-58)60(57-48-53-41-19-11-7-15-37(41)46(55-48)35-13-5-9-17-39(35)50)34-23-27-59(28-24-34)49-54-42-20-12-8-16-38(42)47(56-49)36-14-6-10-18-40(36)51/h5-20,29-30,33-34H,3-4,21-28,31,52H2,1-2H3,(H,53,55,57). The predicted octanol–water partition coefficient (Wildman–Crippen LogP) is 9.53. The molecule has 2 aliphatic heterocycles. The number of hydrogen-bond acceptors (Lipinski definition) is 11. The third kappa shape index (κ3) is 8.55. The molecule has 0 aliphatic carbocycles. The summed E-state index contributed by atoms with van der Waals surface area (Å²) in [4.78, 5) is 24.7. The molecule has 0 amide bonds. The molecule has 13 heteroatoms. The average molecular weight is 836 g/mol. The minimum atomic E-state index is -0.337. The number of ether oxygens (including phenoxy) is 2. The smallest absolute Gasteiger partial charge is 0.238 e. The fraction of sp³-hybridized carbons (Fsp3) is 0.306. The van der Waals surface area contributed by atoms with E-state index >= 15 is 8.78 Å². The van der Waals surface area contributed by atoms with Gasteiger partial charge in [-0.05, 0) is 93.6 Å². The Labute approximate surface area is 360 Å². The minimum absolute atomic E-state index is 0.112. The Morgan fingerprint density at radius 3 is 1.71 bits per heavy atom. The first-order chi connectivity index (χ1) is 30.4. The number of nitrogen functional groups attached to an aromatic ring is 1. The van der Waals surface area contributed by atoms with Crippen LogP contribution in [0.2, 0.25) is 0 Å². The number of nitrogens with zero attached hydrogens (tertiary/aromatic N) is 7. The molecule has 7 aromatic rings. The van der Waals surface area contributed by atoms with E-state index in [1.165, 1.54) is 12.1 Å². The van der Waals surface area contributed by atoms with Crippen molar-refractivity contribution in [2.75, 3.05) is 55.5 Å². The molecule has 0 saturated carbocycles. The number of rotatable bonds is 13. The van der Waals surface area contributed by atoms with Crippen LogP contribution in [0.25, 0.3) is 44.3 Å². The van der Waals surface area contributed by atoms with Crippen molar-refractivity contribution in [3.05, 3.63) is 126 Å². The number of nitrogens with two attached hydrogens (primary N) is 1. The summed E-state index contributed by atoms with van der Waals surface area (Å²) in [7, 11) is 0. The number of halogens is 2. The van der Waals surface area contributed by atoms with Crippen molar-refractivity contribution in [1.82, 2.24) is 29.8 Å². The van der Waals surface area contributed by atoms with Crippen LogP contribution in [-0.4, -0.2) is 81.3 Å². The molecule has 0 spiro atoms. The molecule has 2 saturated heterocycles. The van der Waals surface area contributed by atoms with Gasteiger partial charge in [-0.1, -0.05) is 60.7 Å². The number of nitrogens with one attached hydrogen (secondary N) is 1. The molecule has 318 valence electrons. The molecule has 62 heavy (non-hydrogen) atoms. The zero-order valence-corrected chi connectivity index (χ0v) is 35.1. The highest BCUT2D eigenvalue weighted by Crippen LogP contribution is 2.36. The molecular weight excluding hydrogens is 785 g/mol. The van der Waals surface area contributed by atoms with E-state index < -0.39 is 0 Å². The molecular formula is C49H51F2N9O2. The molecule has 0 radical (unpaired) electrons. The zero-order valence-electron chi connectivity index (χ0n) is 35.1. The molecule has 0 unspecified atom stereocenters. The lowest BCUT2D eigenvalue weighted by Crippen LogP contribution is -2.55. The Balaban J connectivity index is 0.994. The lowest BCUT2D eigenvalue weighted by atomic mass is 9.98. The molecule has 0 atom stereocenters. The van der Waals surface area contributed by atoms with Crippen molar-refractivity contribution in [2.24, 2.45) is 0 Å². The van der Waals surface area contributed by atoms with Crippen molar-refractivity contribution in [3.63, 3.8) is 0 Å². The maximum Gasteiger partial charge on any atom is 0.238 e. The van der Waals surface area contributed by atoms with E-state index in [1.54, 1.807) is 24.3 Å². The number of benzene rings is 5. The van der Waals surface area contributed by atoms with Crippen LogP contribution < -0.4 is 25.5 Å². The van der Waals surface area contributed by atoms with E-state index in [2.05, 4.69) is 20.2 Å². The monoisotopic (exact) mass is 835 g/mol. The number of anilines is 3. The third-order valence-electron chi connectivity index (χ3n) is 11.9. The second-order valence-corrected chi connectivity index (χ2v) is 15.9. The van der Waals surface area contributed by atoms with E-state index in [9.17, 15) is 0 Å². The normalized spacial score (nSPS) is 15.4. The van der Waals surface area contributed by atoms with Gasteiger partial charge in [0.05, 0.1) is 35.6 Å². The van der Waals surface area contributed by atoms with Gasteiger partial charge in [-0.15, -0.1) is 0 Å². The average Bonchev–Trinajstić information content (AvgIpc) is 3.30. The first-order valence-electron chi connectivity index (χ1n) is 21.6. The van der Waals surface area contributed by atoms with Gasteiger partial charge in [-0.25, -0.2) is 33.7 Å². The molecule has 2 fully saturated rings. The molecule has 2 aliphatic rings. The number of hydrogen-bond donors (Lipinski definition) is 2. The number of hydrazine groups is 1. The van der Waals surface area contributed by atoms with Crippen LogP contribution >= 0.6 is 0 Å². The summed E-state index contributed by atoms with van der Waals surface area (Å²) < 4.78 is 42.3. The second kappa shape index (κ2) is 18.3. The Morgan fingerprint density at radius 2 is 1.15 bits per heavy atom. The summed E-state index contributed by atoms with van der Waals surface area (Å²) in [6, 6.07) is 33.4. The number of para-hydroxylation sites is 2. The Bertz CT molecular complexity index is 2660. The SMILES string of the molecule is CCOc1cc(CN2CCC(N(Nc3nc(-c4ccccc4F)c4ccccc4n3)C3CCN(c4nc(-c5ccccc5F)c5ccccc5n4)CC3)CC2)cc(OCC)c1N. The maximum absolute atomic E-state index is 15.4. The van der Waals surface area contributed by atoms with Crippen LogP contribution in [0.5, 0.6) is 11.5 Å². The highest BCUT2D eigenvalue weighted by Gasteiger charge is 2.34. The van der Waals surface area contributed by atoms with Crippen molar-refractivity contribution in [1.29, 1.82) is 0 Å². The van der Waals surface area contributed by atoms with Crippen molar-refractivity contribution in [3.8, 4) is 34.0 Å². The van der Waals surface area contributed by atoms with Gasteiger partial charge < -0.3 is 20.1 Å². The Kier molecular flexibility index (Phi) is 12.1. The summed E-state index contributed by atoms with van der Waals surface area (Å²) >= 11 is 0. The van der Waals surface area contributed by atoms with Crippen LogP contribution in [0.4, 0.5) is 26.4 Å². The van der Waals surface area contributed by atoms with Crippen LogP contribution in [-0.2, 0) is 6.54 Å². The van der Waals surface area contributed by atoms with Gasteiger partial charge in [0.1, 0.15) is 28.8 Å².